The first-order chi connectivity index (χ1) is 13.1. The minimum absolute atomic E-state index is 0.242. The third-order valence-corrected chi connectivity index (χ3v) is 6.76. The van der Waals surface area contributed by atoms with Crippen LogP contribution in [-0.2, 0) is 11.2 Å². The zero-order chi connectivity index (χ0) is 19.1. The lowest BCUT2D eigenvalue weighted by Crippen LogP contribution is -2.38. The first-order valence-corrected chi connectivity index (χ1v) is 11.2. The maximum atomic E-state index is 12.3. The number of hydrogen-bond donors (Lipinski definition) is 2. The van der Waals surface area contributed by atoms with E-state index in [9.17, 15) is 4.79 Å². The van der Waals surface area contributed by atoms with Gasteiger partial charge < -0.3 is 11.1 Å². The molecule has 3 nitrogen and oxygen atoms in total. The van der Waals surface area contributed by atoms with Gasteiger partial charge in [0.1, 0.15) is 0 Å². The average molecular weight is 371 g/mol. The van der Waals surface area contributed by atoms with Crippen molar-refractivity contribution in [1.29, 1.82) is 0 Å². The molecule has 2 aliphatic carbocycles. The summed E-state index contributed by atoms with van der Waals surface area (Å²) in [6.45, 7) is 2.11. The molecule has 150 valence electrons. The van der Waals surface area contributed by atoms with E-state index in [0.29, 0.717) is 18.5 Å². The minimum Gasteiger partial charge on any atom is -0.353 e. The van der Waals surface area contributed by atoms with E-state index in [1.54, 1.807) is 0 Å². The quantitative estimate of drug-likeness (QED) is 0.717. The topological polar surface area (TPSA) is 55.1 Å². The van der Waals surface area contributed by atoms with E-state index >= 15 is 0 Å². The zero-order valence-electron chi connectivity index (χ0n) is 17.1. The molecule has 0 atom stereocenters. The Kier molecular flexibility index (Phi) is 7.75. The molecular formula is C24H38N2O. The van der Waals surface area contributed by atoms with Gasteiger partial charge in [-0.25, -0.2) is 0 Å². The average Bonchev–Trinajstić information content (AvgIpc) is 2.67. The number of carbonyl (C=O) groups excluding carboxylic acids is 1. The van der Waals surface area contributed by atoms with Crippen LogP contribution in [0.25, 0.3) is 0 Å². The summed E-state index contributed by atoms with van der Waals surface area (Å²) >= 11 is 0. The van der Waals surface area contributed by atoms with Gasteiger partial charge in [-0.05, 0) is 95.0 Å². The monoisotopic (exact) mass is 370 g/mol. The van der Waals surface area contributed by atoms with Gasteiger partial charge in [0, 0.05) is 18.5 Å². The first kappa shape index (κ1) is 20.4. The summed E-state index contributed by atoms with van der Waals surface area (Å²) in [5, 5.41) is 3.29. The van der Waals surface area contributed by atoms with Crippen LogP contribution in [0, 0.1) is 18.8 Å². The number of benzene rings is 1. The highest BCUT2D eigenvalue weighted by Crippen LogP contribution is 2.35. The van der Waals surface area contributed by atoms with Crippen LogP contribution in [0.3, 0.4) is 0 Å². The Labute approximate surface area is 165 Å². The van der Waals surface area contributed by atoms with Crippen LogP contribution in [0.2, 0.25) is 0 Å². The van der Waals surface area contributed by atoms with Crippen LogP contribution in [0.1, 0.15) is 81.8 Å². The summed E-state index contributed by atoms with van der Waals surface area (Å²) in [4.78, 5) is 12.3. The second-order valence-electron chi connectivity index (χ2n) is 9.14. The molecule has 27 heavy (non-hydrogen) atoms. The van der Waals surface area contributed by atoms with Crippen molar-refractivity contribution in [3.8, 4) is 0 Å². The lowest BCUT2D eigenvalue weighted by atomic mass is 9.76. The number of rotatable bonds is 7. The number of nitrogens with one attached hydrogen (secondary N) is 1. The molecule has 0 unspecified atom stereocenters. The highest BCUT2D eigenvalue weighted by molar-refractivity contribution is 5.76. The third-order valence-electron chi connectivity index (χ3n) is 6.76. The third kappa shape index (κ3) is 6.95. The molecule has 0 saturated heterocycles. The highest BCUT2D eigenvalue weighted by atomic mass is 16.1. The molecule has 3 rings (SSSR count). The van der Waals surface area contributed by atoms with E-state index in [1.165, 1.54) is 68.9 Å². The normalized spacial score (nSPS) is 28.7. The molecule has 1 amide bonds. The summed E-state index contributed by atoms with van der Waals surface area (Å²) in [7, 11) is 0. The van der Waals surface area contributed by atoms with Crippen molar-refractivity contribution in [3.63, 3.8) is 0 Å². The minimum atomic E-state index is 0.242. The molecule has 0 radical (unpaired) electrons. The molecule has 0 aromatic heterocycles. The van der Waals surface area contributed by atoms with Crippen molar-refractivity contribution in [2.45, 2.75) is 96.1 Å². The fourth-order valence-corrected chi connectivity index (χ4v) is 4.95. The SMILES string of the molecule is Cc1ccc(CCCC(=O)NC2CCC(CC3CCC(N)CC3)CC2)cc1. The molecule has 1 aromatic rings. The van der Waals surface area contributed by atoms with E-state index < -0.39 is 0 Å². The molecule has 3 N–H and O–H groups in total. The zero-order valence-corrected chi connectivity index (χ0v) is 17.1. The van der Waals surface area contributed by atoms with Gasteiger partial charge in [0.25, 0.3) is 0 Å². The lowest BCUT2D eigenvalue weighted by molar-refractivity contribution is -0.122. The maximum Gasteiger partial charge on any atom is 0.220 e. The fraction of sp³-hybridized carbons (Fsp3) is 0.708. The van der Waals surface area contributed by atoms with Crippen LogP contribution in [-0.4, -0.2) is 18.0 Å². The van der Waals surface area contributed by atoms with Crippen molar-refractivity contribution in [3.05, 3.63) is 35.4 Å². The number of amides is 1. The Hall–Kier alpha value is -1.35. The Morgan fingerprint density at radius 2 is 1.56 bits per heavy atom. The predicted octanol–water partition coefficient (Wildman–Crippen LogP) is 4.90. The molecule has 0 spiro atoms. The van der Waals surface area contributed by atoms with E-state index in [0.717, 1.165) is 24.7 Å². The summed E-state index contributed by atoms with van der Waals surface area (Å²) in [5.74, 6) is 2.02. The molecule has 2 fully saturated rings. The fourth-order valence-electron chi connectivity index (χ4n) is 4.95. The van der Waals surface area contributed by atoms with E-state index in [1.807, 2.05) is 0 Å². The van der Waals surface area contributed by atoms with Crippen molar-refractivity contribution < 1.29 is 4.79 Å². The van der Waals surface area contributed by atoms with Crippen LogP contribution in [0.5, 0.6) is 0 Å². The van der Waals surface area contributed by atoms with E-state index in [-0.39, 0.29) is 5.91 Å². The predicted molar refractivity (Wildman–Crippen MR) is 113 cm³/mol. The summed E-state index contributed by atoms with van der Waals surface area (Å²) in [5.41, 5.74) is 8.65. The Morgan fingerprint density at radius 1 is 0.963 bits per heavy atom. The summed E-state index contributed by atoms with van der Waals surface area (Å²) in [6.07, 6.45) is 14.0. The second-order valence-corrected chi connectivity index (χ2v) is 9.14. The van der Waals surface area contributed by atoms with Gasteiger partial charge in [-0.3, -0.25) is 4.79 Å². The van der Waals surface area contributed by atoms with Gasteiger partial charge in [-0.15, -0.1) is 0 Å². The van der Waals surface area contributed by atoms with Gasteiger partial charge in [0.2, 0.25) is 5.91 Å². The largest absolute Gasteiger partial charge is 0.353 e. The maximum absolute atomic E-state index is 12.3. The van der Waals surface area contributed by atoms with Gasteiger partial charge in [0.15, 0.2) is 0 Å². The smallest absolute Gasteiger partial charge is 0.220 e. The first-order valence-electron chi connectivity index (χ1n) is 11.2. The number of nitrogens with two attached hydrogens (primary N) is 1. The molecule has 0 heterocycles. The van der Waals surface area contributed by atoms with E-state index in [4.69, 9.17) is 5.73 Å². The lowest BCUT2D eigenvalue weighted by Gasteiger charge is -2.33. The Balaban J connectivity index is 1.28. The summed E-state index contributed by atoms with van der Waals surface area (Å²) in [6, 6.07) is 9.51. The van der Waals surface area contributed by atoms with Gasteiger partial charge in [-0.1, -0.05) is 29.8 Å². The molecule has 2 aliphatic rings. The Morgan fingerprint density at radius 3 is 2.19 bits per heavy atom. The van der Waals surface area contributed by atoms with Crippen molar-refractivity contribution in [2.75, 3.05) is 0 Å². The molecule has 1 aromatic carbocycles. The number of aryl methyl sites for hydroxylation is 2. The van der Waals surface area contributed by atoms with Crippen LogP contribution < -0.4 is 11.1 Å². The molecule has 2 saturated carbocycles. The standard InChI is InChI=1S/C24H38N2O/c1-18-5-7-19(8-6-18)3-2-4-24(27)26-23-15-11-21(12-16-23)17-20-9-13-22(25)14-10-20/h5-8,20-23H,2-4,9-17,25H2,1H3,(H,26,27). The number of hydrogen-bond acceptors (Lipinski definition) is 2. The molecule has 0 bridgehead atoms. The van der Waals surface area contributed by atoms with E-state index in [2.05, 4.69) is 36.5 Å². The van der Waals surface area contributed by atoms with Crippen molar-refractivity contribution >= 4 is 5.91 Å². The summed E-state index contributed by atoms with van der Waals surface area (Å²) < 4.78 is 0. The van der Waals surface area contributed by atoms with Gasteiger partial charge >= 0.3 is 0 Å². The highest BCUT2D eigenvalue weighted by Gasteiger charge is 2.26. The van der Waals surface area contributed by atoms with Crippen molar-refractivity contribution in [1.82, 2.24) is 5.32 Å². The van der Waals surface area contributed by atoms with Crippen molar-refractivity contribution in [2.24, 2.45) is 17.6 Å². The number of carbonyl (C=O) groups is 1. The van der Waals surface area contributed by atoms with Crippen LogP contribution in [0.4, 0.5) is 0 Å². The van der Waals surface area contributed by atoms with Crippen LogP contribution >= 0.6 is 0 Å². The van der Waals surface area contributed by atoms with Gasteiger partial charge in [-0.2, -0.15) is 0 Å². The van der Waals surface area contributed by atoms with Crippen LogP contribution in [0.15, 0.2) is 24.3 Å². The van der Waals surface area contributed by atoms with Gasteiger partial charge in [0.05, 0.1) is 0 Å². The second kappa shape index (κ2) is 10.3. The molecule has 3 heteroatoms. The Bertz CT molecular complexity index is 567. The molecular weight excluding hydrogens is 332 g/mol. The molecule has 0 aliphatic heterocycles.